The van der Waals surface area contributed by atoms with Crippen molar-refractivity contribution in [3.8, 4) is 0 Å². The van der Waals surface area contributed by atoms with Crippen LogP contribution < -0.4 is 5.73 Å². The molecule has 1 aromatic carbocycles. The Balaban J connectivity index is 1.62. The van der Waals surface area contributed by atoms with Crippen LogP contribution in [0, 0.1) is 0 Å². The zero-order valence-corrected chi connectivity index (χ0v) is 11.6. The largest absolute Gasteiger partial charge is 0.398 e. The average Bonchev–Trinajstić information content (AvgIpc) is 2.39. The molecule has 0 aromatic heterocycles. The maximum absolute atomic E-state index is 6.04. The summed E-state index contributed by atoms with van der Waals surface area (Å²) in [5.41, 5.74) is 9.72. The first-order valence-corrected chi connectivity index (χ1v) is 7.11. The molecular formula is C15H23N3O. The highest BCUT2D eigenvalue weighted by Gasteiger charge is 2.23. The Morgan fingerprint density at radius 2 is 2.26 bits per heavy atom. The van der Waals surface area contributed by atoms with Crippen LogP contribution in [0.5, 0.6) is 0 Å². The van der Waals surface area contributed by atoms with Gasteiger partial charge in [0.2, 0.25) is 0 Å². The molecule has 4 heteroatoms. The molecule has 4 nitrogen and oxygen atoms in total. The number of likely N-dealkylation sites (N-methyl/N-ethyl adjacent to an activating group) is 1. The van der Waals surface area contributed by atoms with Gasteiger partial charge in [-0.15, -0.1) is 0 Å². The lowest BCUT2D eigenvalue weighted by Gasteiger charge is -2.36. The highest BCUT2D eigenvalue weighted by Crippen LogP contribution is 2.24. The standard InChI is InChI=1S/C15H23N3O/c1-17-7-8-19-13(10-17)11-18-6-5-14-12(9-18)3-2-4-15(14)16/h2-4,13H,5-11,16H2,1H3. The molecule has 2 heterocycles. The molecule has 104 valence electrons. The Hall–Kier alpha value is -1.10. The first kappa shape index (κ1) is 12.9. The van der Waals surface area contributed by atoms with Crippen LogP contribution in [-0.2, 0) is 17.7 Å². The second kappa shape index (κ2) is 5.49. The van der Waals surface area contributed by atoms with Gasteiger partial charge in [0, 0.05) is 38.4 Å². The third-order valence-electron chi connectivity index (χ3n) is 4.18. The van der Waals surface area contributed by atoms with Crippen molar-refractivity contribution in [1.82, 2.24) is 9.80 Å². The normalized spacial score (nSPS) is 25.2. The van der Waals surface area contributed by atoms with E-state index in [0.717, 1.165) is 51.4 Å². The summed E-state index contributed by atoms with van der Waals surface area (Å²) in [6.07, 6.45) is 1.41. The van der Waals surface area contributed by atoms with Crippen molar-refractivity contribution in [2.75, 3.05) is 45.6 Å². The predicted molar refractivity (Wildman–Crippen MR) is 77.1 cm³/mol. The summed E-state index contributed by atoms with van der Waals surface area (Å²) in [4.78, 5) is 4.84. The summed E-state index contributed by atoms with van der Waals surface area (Å²) < 4.78 is 5.85. The number of nitrogen functional groups attached to an aromatic ring is 1. The van der Waals surface area contributed by atoms with Crippen molar-refractivity contribution in [3.63, 3.8) is 0 Å². The number of morpholine rings is 1. The molecule has 1 fully saturated rings. The number of fused-ring (bicyclic) bond motifs is 1. The van der Waals surface area contributed by atoms with Crippen LogP contribution >= 0.6 is 0 Å². The number of benzene rings is 1. The van der Waals surface area contributed by atoms with Crippen LogP contribution in [-0.4, -0.2) is 55.7 Å². The van der Waals surface area contributed by atoms with Gasteiger partial charge in [0.1, 0.15) is 0 Å². The van der Waals surface area contributed by atoms with Gasteiger partial charge in [-0.2, -0.15) is 0 Å². The lowest BCUT2D eigenvalue weighted by Crippen LogP contribution is -2.47. The van der Waals surface area contributed by atoms with E-state index in [4.69, 9.17) is 10.5 Å². The number of nitrogens with two attached hydrogens (primary N) is 1. The van der Waals surface area contributed by atoms with Crippen molar-refractivity contribution in [1.29, 1.82) is 0 Å². The minimum Gasteiger partial charge on any atom is -0.398 e. The molecule has 1 unspecified atom stereocenters. The molecule has 3 rings (SSSR count). The third-order valence-corrected chi connectivity index (χ3v) is 4.18. The molecule has 2 aliphatic heterocycles. The molecule has 1 saturated heterocycles. The molecule has 0 saturated carbocycles. The Morgan fingerprint density at radius 1 is 1.37 bits per heavy atom. The molecule has 0 bridgehead atoms. The molecule has 0 amide bonds. The van der Waals surface area contributed by atoms with E-state index in [-0.39, 0.29) is 0 Å². The summed E-state index contributed by atoms with van der Waals surface area (Å²) in [6, 6.07) is 6.27. The fourth-order valence-corrected chi connectivity index (χ4v) is 3.12. The fourth-order valence-electron chi connectivity index (χ4n) is 3.12. The van der Waals surface area contributed by atoms with Gasteiger partial charge < -0.3 is 15.4 Å². The van der Waals surface area contributed by atoms with E-state index in [9.17, 15) is 0 Å². The van der Waals surface area contributed by atoms with Gasteiger partial charge in [-0.25, -0.2) is 0 Å². The van der Waals surface area contributed by atoms with Gasteiger partial charge >= 0.3 is 0 Å². The number of rotatable bonds is 2. The van der Waals surface area contributed by atoms with E-state index >= 15 is 0 Å². The molecule has 0 aliphatic carbocycles. The molecule has 1 atom stereocenters. The zero-order valence-electron chi connectivity index (χ0n) is 11.6. The maximum atomic E-state index is 6.04. The molecule has 2 N–H and O–H groups in total. The van der Waals surface area contributed by atoms with Gasteiger partial charge in [0.15, 0.2) is 0 Å². The van der Waals surface area contributed by atoms with Crippen LogP contribution in [0.3, 0.4) is 0 Å². The Kier molecular flexibility index (Phi) is 3.73. The van der Waals surface area contributed by atoms with Gasteiger partial charge in [-0.05, 0) is 30.7 Å². The number of nitrogens with zero attached hydrogens (tertiary/aromatic N) is 2. The van der Waals surface area contributed by atoms with E-state index < -0.39 is 0 Å². The third kappa shape index (κ3) is 2.91. The molecule has 19 heavy (non-hydrogen) atoms. The number of hydrogen-bond donors (Lipinski definition) is 1. The Morgan fingerprint density at radius 3 is 3.11 bits per heavy atom. The highest BCUT2D eigenvalue weighted by molar-refractivity contribution is 5.51. The molecule has 2 aliphatic rings. The van der Waals surface area contributed by atoms with Crippen molar-refractivity contribution >= 4 is 5.69 Å². The predicted octanol–water partition coefficient (Wildman–Crippen LogP) is 0.957. The highest BCUT2D eigenvalue weighted by atomic mass is 16.5. The first-order chi connectivity index (χ1) is 9.22. The van der Waals surface area contributed by atoms with Crippen LogP contribution in [0.25, 0.3) is 0 Å². The summed E-state index contributed by atoms with van der Waals surface area (Å²) in [7, 11) is 2.17. The fraction of sp³-hybridized carbons (Fsp3) is 0.600. The Bertz CT molecular complexity index is 449. The van der Waals surface area contributed by atoms with E-state index in [0.29, 0.717) is 6.10 Å². The second-order valence-electron chi connectivity index (χ2n) is 5.73. The lowest BCUT2D eigenvalue weighted by atomic mass is 9.98. The van der Waals surface area contributed by atoms with Crippen LogP contribution in [0.1, 0.15) is 11.1 Å². The molecule has 1 aromatic rings. The van der Waals surface area contributed by atoms with E-state index in [1.54, 1.807) is 0 Å². The second-order valence-corrected chi connectivity index (χ2v) is 5.73. The van der Waals surface area contributed by atoms with Crippen LogP contribution in [0.4, 0.5) is 5.69 Å². The van der Waals surface area contributed by atoms with Gasteiger partial charge in [-0.1, -0.05) is 12.1 Å². The Labute approximate surface area is 115 Å². The summed E-state index contributed by atoms with van der Waals surface area (Å²) in [6.45, 7) is 6.07. The first-order valence-electron chi connectivity index (χ1n) is 7.11. The number of anilines is 1. The van der Waals surface area contributed by atoms with Crippen LogP contribution in [0.15, 0.2) is 18.2 Å². The topological polar surface area (TPSA) is 41.7 Å². The van der Waals surface area contributed by atoms with Crippen molar-refractivity contribution in [3.05, 3.63) is 29.3 Å². The maximum Gasteiger partial charge on any atom is 0.0829 e. The van der Waals surface area contributed by atoms with Crippen LogP contribution in [0.2, 0.25) is 0 Å². The van der Waals surface area contributed by atoms with Crippen molar-refractivity contribution in [2.45, 2.75) is 19.1 Å². The van der Waals surface area contributed by atoms with Gasteiger partial charge in [0.25, 0.3) is 0 Å². The lowest BCUT2D eigenvalue weighted by molar-refractivity contribution is -0.0373. The van der Waals surface area contributed by atoms with Gasteiger partial charge in [0.05, 0.1) is 12.7 Å². The van der Waals surface area contributed by atoms with Crippen molar-refractivity contribution < 1.29 is 4.74 Å². The SMILES string of the molecule is CN1CCOC(CN2CCc3c(N)cccc3C2)C1. The van der Waals surface area contributed by atoms with Crippen molar-refractivity contribution in [2.24, 2.45) is 0 Å². The molecule has 0 radical (unpaired) electrons. The molecule has 0 spiro atoms. The average molecular weight is 261 g/mol. The minimum absolute atomic E-state index is 0.348. The number of hydrogen-bond acceptors (Lipinski definition) is 4. The van der Waals surface area contributed by atoms with E-state index in [1.807, 2.05) is 6.07 Å². The monoisotopic (exact) mass is 261 g/mol. The zero-order chi connectivity index (χ0) is 13.2. The molecular weight excluding hydrogens is 238 g/mol. The smallest absolute Gasteiger partial charge is 0.0829 e. The van der Waals surface area contributed by atoms with Gasteiger partial charge in [-0.3, -0.25) is 4.90 Å². The van der Waals surface area contributed by atoms with E-state index in [2.05, 4.69) is 29.0 Å². The summed E-state index contributed by atoms with van der Waals surface area (Å²) in [5.74, 6) is 0. The number of ether oxygens (including phenoxy) is 1. The quantitative estimate of drug-likeness (QED) is 0.805. The van der Waals surface area contributed by atoms with E-state index in [1.165, 1.54) is 11.1 Å². The minimum atomic E-state index is 0.348. The summed E-state index contributed by atoms with van der Waals surface area (Å²) >= 11 is 0. The summed E-state index contributed by atoms with van der Waals surface area (Å²) in [5, 5.41) is 0.